The number of amides is 1. The number of nitrogens with two attached hydrogens (primary N) is 1. The van der Waals surface area contributed by atoms with Crippen LogP contribution in [0.5, 0.6) is 0 Å². The summed E-state index contributed by atoms with van der Waals surface area (Å²) < 4.78 is 1.65. The van der Waals surface area contributed by atoms with E-state index in [1.807, 2.05) is 7.05 Å². The van der Waals surface area contributed by atoms with E-state index >= 15 is 0 Å². The summed E-state index contributed by atoms with van der Waals surface area (Å²) in [7, 11) is 3.97. The first-order chi connectivity index (χ1) is 9.56. The van der Waals surface area contributed by atoms with Gasteiger partial charge in [-0.15, -0.1) is 0 Å². The average molecular weight is 279 g/mol. The molecule has 6 nitrogen and oxygen atoms in total. The molecule has 2 rings (SSSR count). The van der Waals surface area contributed by atoms with Gasteiger partial charge in [0.05, 0.1) is 6.20 Å². The lowest BCUT2D eigenvalue weighted by Gasteiger charge is -2.28. The number of carbonyl (C=O) groups is 1. The van der Waals surface area contributed by atoms with Crippen molar-refractivity contribution in [2.24, 2.45) is 18.7 Å². The summed E-state index contributed by atoms with van der Waals surface area (Å²) in [5.74, 6) is 0.604. The SMILES string of the molecule is CN1CCC(CCNC(=O)C(N)c2cnn(C)c2)CC1. The Balaban J connectivity index is 1.70. The molecule has 0 bridgehead atoms. The van der Waals surface area contributed by atoms with Crippen LogP contribution in [0.3, 0.4) is 0 Å². The Bertz CT molecular complexity index is 437. The van der Waals surface area contributed by atoms with Crippen molar-refractivity contribution in [1.29, 1.82) is 0 Å². The van der Waals surface area contributed by atoms with Gasteiger partial charge in [-0.25, -0.2) is 0 Å². The molecule has 20 heavy (non-hydrogen) atoms. The van der Waals surface area contributed by atoms with Gasteiger partial charge in [0, 0.05) is 25.4 Å². The second-order valence-corrected chi connectivity index (χ2v) is 5.75. The molecule has 3 N–H and O–H groups in total. The molecule has 1 aliphatic heterocycles. The van der Waals surface area contributed by atoms with Gasteiger partial charge in [-0.3, -0.25) is 9.48 Å². The standard InChI is InChI=1S/C14H25N5O/c1-18-7-4-11(5-8-18)3-6-16-14(20)13(15)12-9-17-19(2)10-12/h9-11,13H,3-8,15H2,1-2H3,(H,16,20). The largest absolute Gasteiger partial charge is 0.354 e. The van der Waals surface area contributed by atoms with Crippen LogP contribution in [-0.2, 0) is 11.8 Å². The van der Waals surface area contributed by atoms with Crippen LogP contribution in [0, 0.1) is 5.92 Å². The molecule has 1 aromatic rings. The summed E-state index contributed by atoms with van der Waals surface area (Å²) in [5, 5.41) is 6.97. The highest BCUT2D eigenvalue weighted by atomic mass is 16.2. The van der Waals surface area contributed by atoms with Crippen molar-refractivity contribution in [3.05, 3.63) is 18.0 Å². The number of aryl methyl sites for hydroxylation is 1. The summed E-state index contributed by atoms with van der Waals surface area (Å²) in [5.41, 5.74) is 6.67. The van der Waals surface area contributed by atoms with Crippen LogP contribution in [0.4, 0.5) is 0 Å². The van der Waals surface area contributed by atoms with E-state index in [0.717, 1.165) is 31.0 Å². The number of carbonyl (C=O) groups excluding carboxylic acids is 1. The molecule has 0 radical (unpaired) electrons. The summed E-state index contributed by atoms with van der Waals surface area (Å²) in [6, 6.07) is -0.624. The zero-order chi connectivity index (χ0) is 14.5. The highest BCUT2D eigenvalue weighted by molar-refractivity contribution is 5.82. The van der Waals surface area contributed by atoms with E-state index < -0.39 is 6.04 Å². The third-order valence-electron chi connectivity index (χ3n) is 4.06. The predicted molar refractivity (Wildman–Crippen MR) is 78.0 cm³/mol. The average Bonchev–Trinajstić information content (AvgIpc) is 2.86. The van der Waals surface area contributed by atoms with Crippen molar-refractivity contribution in [2.75, 3.05) is 26.7 Å². The van der Waals surface area contributed by atoms with Gasteiger partial charge in [0.2, 0.25) is 5.91 Å². The molecule has 1 unspecified atom stereocenters. The summed E-state index contributed by atoms with van der Waals surface area (Å²) >= 11 is 0. The maximum atomic E-state index is 12.0. The molecule has 1 fully saturated rings. The van der Waals surface area contributed by atoms with Crippen molar-refractivity contribution >= 4 is 5.91 Å². The second kappa shape index (κ2) is 6.85. The van der Waals surface area contributed by atoms with Crippen molar-refractivity contribution in [3.63, 3.8) is 0 Å². The first kappa shape index (κ1) is 15.0. The van der Waals surface area contributed by atoms with Crippen LogP contribution in [0.1, 0.15) is 30.9 Å². The van der Waals surface area contributed by atoms with Crippen molar-refractivity contribution < 1.29 is 4.79 Å². The first-order valence-corrected chi connectivity index (χ1v) is 7.26. The lowest BCUT2D eigenvalue weighted by atomic mass is 9.94. The summed E-state index contributed by atoms with van der Waals surface area (Å²) in [6.45, 7) is 3.03. The van der Waals surface area contributed by atoms with Gasteiger partial charge in [0.1, 0.15) is 6.04 Å². The Hall–Kier alpha value is -1.40. The van der Waals surface area contributed by atoms with Gasteiger partial charge < -0.3 is 16.0 Å². The fourth-order valence-corrected chi connectivity index (χ4v) is 2.61. The van der Waals surface area contributed by atoms with Crippen LogP contribution in [-0.4, -0.2) is 47.3 Å². The molecule has 1 amide bonds. The Morgan fingerprint density at radius 1 is 1.50 bits per heavy atom. The Morgan fingerprint density at radius 3 is 2.80 bits per heavy atom. The maximum absolute atomic E-state index is 12.0. The minimum Gasteiger partial charge on any atom is -0.354 e. The Kier molecular flexibility index (Phi) is 5.14. The highest BCUT2D eigenvalue weighted by Gasteiger charge is 2.19. The predicted octanol–water partition coefficient (Wildman–Crippen LogP) is 0.268. The number of rotatable bonds is 5. The first-order valence-electron chi connectivity index (χ1n) is 7.26. The molecule has 1 aliphatic rings. The second-order valence-electron chi connectivity index (χ2n) is 5.75. The van der Waals surface area contributed by atoms with E-state index in [0.29, 0.717) is 6.54 Å². The minimum atomic E-state index is -0.624. The van der Waals surface area contributed by atoms with E-state index in [1.165, 1.54) is 12.8 Å². The van der Waals surface area contributed by atoms with Crippen LogP contribution >= 0.6 is 0 Å². The molecule has 0 aliphatic carbocycles. The number of piperidine rings is 1. The third kappa shape index (κ3) is 4.05. The number of likely N-dealkylation sites (tertiary alicyclic amines) is 1. The Labute approximate surface area is 120 Å². The van der Waals surface area contributed by atoms with E-state index in [2.05, 4.69) is 22.4 Å². The zero-order valence-electron chi connectivity index (χ0n) is 12.4. The molecule has 6 heteroatoms. The third-order valence-corrected chi connectivity index (χ3v) is 4.06. The van der Waals surface area contributed by atoms with Crippen LogP contribution < -0.4 is 11.1 Å². The topological polar surface area (TPSA) is 76.2 Å². The molecular weight excluding hydrogens is 254 g/mol. The lowest BCUT2D eigenvalue weighted by molar-refractivity contribution is -0.122. The number of hydrogen-bond acceptors (Lipinski definition) is 4. The lowest BCUT2D eigenvalue weighted by Crippen LogP contribution is -2.36. The molecule has 1 saturated heterocycles. The molecule has 0 aromatic carbocycles. The highest BCUT2D eigenvalue weighted by Crippen LogP contribution is 2.18. The normalized spacial score (nSPS) is 18.9. The smallest absolute Gasteiger partial charge is 0.241 e. The van der Waals surface area contributed by atoms with Gasteiger partial charge in [0.15, 0.2) is 0 Å². The monoisotopic (exact) mass is 279 g/mol. The molecule has 1 aromatic heterocycles. The zero-order valence-corrected chi connectivity index (χ0v) is 12.4. The van der Waals surface area contributed by atoms with Gasteiger partial charge in [0.25, 0.3) is 0 Å². The van der Waals surface area contributed by atoms with E-state index in [4.69, 9.17) is 5.73 Å². The molecule has 1 atom stereocenters. The molecule has 2 heterocycles. The number of hydrogen-bond donors (Lipinski definition) is 2. The summed E-state index contributed by atoms with van der Waals surface area (Å²) in [4.78, 5) is 14.3. The Morgan fingerprint density at radius 2 is 2.20 bits per heavy atom. The van der Waals surface area contributed by atoms with Crippen molar-refractivity contribution in [2.45, 2.75) is 25.3 Å². The van der Waals surface area contributed by atoms with Gasteiger partial charge in [-0.05, 0) is 45.3 Å². The van der Waals surface area contributed by atoms with Crippen LogP contribution in [0.25, 0.3) is 0 Å². The van der Waals surface area contributed by atoms with Gasteiger partial charge in [-0.1, -0.05) is 0 Å². The van der Waals surface area contributed by atoms with Crippen LogP contribution in [0.15, 0.2) is 12.4 Å². The van der Waals surface area contributed by atoms with Gasteiger partial charge >= 0.3 is 0 Å². The number of aromatic nitrogens is 2. The van der Waals surface area contributed by atoms with Crippen molar-refractivity contribution in [1.82, 2.24) is 20.0 Å². The van der Waals surface area contributed by atoms with Gasteiger partial charge in [-0.2, -0.15) is 5.10 Å². The number of nitrogens with zero attached hydrogens (tertiary/aromatic N) is 3. The summed E-state index contributed by atoms with van der Waals surface area (Å²) in [6.07, 6.45) is 6.91. The minimum absolute atomic E-state index is 0.120. The molecular formula is C14H25N5O. The fourth-order valence-electron chi connectivity index (χ4n) is 2.61. The van der Waals surface area contributed by atoms with Crippen LogP contribution in [0.2, 0.25) is 0 Å². The molecule has 112 valence electrons. The quantitative estimate of drug-likeness (QED) is 0.811. The van der Waals surface area contributed by atoms with E-state index in [9.17, 15) is 4.79 Å². The molecule has 0 spiro atoms. The number of nitrogens with one attached hydrogen (secondary N) is 1. The van der Waals surface area contributed by atoms with E-state index in [1.54, 1.807) is 17.1 Å². The van der Waals surface area contributed by atoms with E-state index in [-0.39, 0.29) is 5.91 Å². The molecule has 0 saturated carbocycles. The fraction of sp³-hybridized carbons (Fsp3) is 0.714. The van der Waals surface area contributed by atoms with Crippen molar-refractivity contribution in [3.8, 4) is 0 Å². The maximum Gasteiger partial charge on any atom is 0.241 e.